The number of rotatable bonds is 3. The lowest BCUT2D eigenvalue weighted by atomic mass is 9.85. The van der Waals surface area contributed by atoms with Crippen LogP contribution in [0.15, 0.2) is 24.3 Å². The molecule has 0 unspecified atom stereocenters. The molecule has 0 aliphatic heterocycles. The zero-order valence-electron chi connectivity index (χ0n) is 10.8. The average molecular weight is 204 g/mol. The molecule has 1 rings (SSSR count). The Morgan fingerprint density at radius 2 is 1.80 bits per heavy atom. The van der Waals surface area contributed by atoms with Crippen LogP contribution in [0.2, 0.25) is 0 Å². The van der Waals surface area contributed by atoms with E-state index in [2.05, 4.69) is 58.9 Å². The van der Waals surface area contributed by atoms with Crippen LogP contribution in [0.1, 0.15) is 52.2 Å². The van der Waals surface area contributed by atoms with Gasteiger partial charge < -0.3 is 0 Å². The van der Waals surface area contributed by atoms with Crippen molar-refractivity contribution >= 4 is 0 Å². The molecule has 0 saturated carbocycles. The van der Waals surface area contributed by atoms with Gasteiger partial charge in [-0.2, -0.15) is 0 Å². The molecule has 0 aliphatic carbocycles. The molecule has 0 aliphatic rings. The molecule has 0 amide bonds. The summed E-state index contributed by atoms with van der Waals surface area (Å²) in [7, 11) is 0. The van der Waals surface area contributed by atoms with Crippen LogP contribution in [0.4, 0.5) is 0 Å². The molecule has 0 N–H and O–H groups in total. The second kappa shape index (κ2) is 4.83. The zero-order valence-corrected chi connectivity index (χ0v) is 10.8. The maximum Gasteiger partial charge on any atom is -0.0132 e. The van der Waals surface area contributed by atoms with Gasteiger partial charge in [0.2, 0.25) is 0 Å². The van der Waals surface area contributed by atoms with E-state index < -0.39 is 0 Å². The Labute approximate surface area is 94.7 Å². The maximum atomic E-state index is 2.36. The summed E-state index contributed by atoms with van der Waals surface area (Å²) in [5, 5.41) is 0. The number of hydrogen-bond donors (Lipinski definition) is 0. The van der Waals surface area contributed by atoms with Gasteiger partial charge in [0.05, 0.1) is 0 Å². The summed E-state index contributed by atoms with van der Waals surface area (Å²) in [4.78, 5) is 0. The average Bonchev–Trinajstić information content (AvgIpc) is 2.14. The molecule has 84 valence electrons. The van der Waals surface area contributed by atoms with Crippen LogP contribution >= 0.6 is 0 Å². The van der Waals surface area contributed by atoms with Gasteiger partial charge in [-0.05, 0) is 35.3 Å². The first-order valence-corrected chi connectivity index (χ1v) is 5.99. The summed E-state index contributed by atoms with van der Waals surface area (Å²) in [6, 6.07) is 9.04. The van der Waals surface area contributed by atoms with E-state index in [0.29, 0.717) is 0 Å². The molecule has 0 radical (unpaired) electrons. The van der Waals surface area contributed by atoms with Gasteiger partial charge in [-0.1, -0.05) is 58.9 Å². The smallest absolute Gasteiger partial charge is 0.0132 e. The molecule has 0 fully saturated rings. The minimum absolute atomic E-state index is 0.272. The normalized spacial score (nSPS) is 12.1. The summed E-state index contributed by atoms with van der Waals surface area (Å²) in [6.45, 7) is 11.4. The standard InChI is InChI=1S/C15H24/c1-12(2)9-10-13-7-6-8-14(11-13)15(3,4)5/h6-8,11-12H,9-10H2,1-5H3. The fraction of sp³-hybridized carbons (Fsp3) is 0.600. The van der Waals surface area contributed by atoms with Crippen molar-refractivity contribution < 1.29 is 0 Å². The van der Waals surface area contributed by atoms with E-state index in [1.807, 2.05) is 0 Å². The lowest BCUT2D eigenvalue weighted by molar-refractivity contribution is 0.577. The summed E-state index contributed by atoms with van der Waals surface area (Å²) >= 11 is 0. The van der Waals surface area contributed by atoms with Crippen LogP contribution in [0.25, 0.3) is 0 Å². The SMILES string of the molecule is CC(C)CCc1cccc(C(C)(C)C)c1. The summed E-state index contributed by atoms with van der Waals surface area (Å²) < 4.78 is 0. The minimum atomic E-state index is 0.272. The Hall–Kier alpha value is -0.780. The Morgan fingerprint density at radius 1 is 1.13 bits per heavy atom. The van der Waals surface area contributed by atoms with Crippen molar-refractivity contribution in [3.63, 3.8) is 0 Å². The first-order chi connectivity index (χ1) is 6.89. The van der Waals surface area contributed by atoms with Crippen molar-refractivity contribution in [1.29, 1.82) is 0 Å². The van der Waals surface area contributed by atoms with E-state index in [1.165, 1.54) is 24.0 Å². The summed E-state index contributed by atoms with van der Waals surface area (Å²) in [5.41, 5.74) is 3.20. The predicted molar refractivity (Wildman–Crippen MR) is 68.3 cm³/mol. The summed E-state index contributed by atoms with van der Waals surface area (Å²) in [5.74, 6) is 0.795. The van der Waals surface area contributed by atoms with Gasteiger partial charge in [0.25, 0.3) is 0 Å². The third-order valence-electron chi connectivity index (χ3n) is 2.80. The molecular weight excluding hydrogens is 180 g/mol. The molecule has 0 nitrogen and oxygen atoms in total. The van der Waals surface area contributed by atoms with Crippen LogP contribution in [0, 0.1) is 5.92 Å². The quantitative estimate of drug-likeness (QED) is 0.676. The van der Waals surface area contributed by atoms with E-state index in [-0.39, 0.29) is 5.41 Å². The molecule has 0 atom stereocenters. The van der Waals surface area contributed by atoms with E-state index >= 15 is 0 Å². The Bertz CT molecular complexity index is 302. The second-order valence-corrected chi connectivity index (χ2v) is 5.88. The summed E-state index contributed by atoms with van der Waals surface area (Å²) in [6.07, 6.45) is 2.50. The first-order valence-electron chi connectivity index (χ1n) is 5.99. The zero-order chi connectivity index (χ0) is 11.5. The highest BCUT2D eigenvalue weighted by atomic mass is 14.2. The molecule has 0 bridgehead atoms. The van der Waals surface area contributed by atoms with Crippen molar-refractivity contribution in [3.8, 4) is 0 Å². The van der Waals surface area contributed by atoms with E-state index in [0.717, 1.165) is 5.92 Å². The van der Waals surface area contributed by atoms with Crippen LogP contribution in [0.3, 0.4) is 0 Å². The molecule has 0 heterocycles. The van der Waals surface area contributed by atoms with Gasteiger partial charge in [-0.3, -0.25) is 0 Å². The van der Waals surface area contributed by atoms with Crippen molar-refractivity contribution in [3.05, 3.63) is 35.4 Å². The molecule has 0 spiro atoms. The fourth-order valence-electron chi connectivity index (χ4n) is 1.65. The molecule has 1 aromatic rings. The monoisotopic (exact) mass is 204 g/mol. The van der Waals surface area contributed by atoms with Crippen molar-refractivity contribution in [2.45, 2.75) is 52.9 Å². The maximum absolute atomic E-state index is 2.36. The highest BCUT2D eigenvalue weighted by Gasteiger charge is 2.13. The topological polar surface area (TPSA) is 0 Å². The molecule has 1 aromatic carbocycles. The van der Waals surface area contributed by atoms with Crippen molar-refractivity contribution in [2.24, 2.45) is 5.92 Å². The number of benzene rings is 1. The Balaban J connectivity index is 2.75. The van der Waals surface area contributed by atoms with E-state index in [4.69, 9.17) is 0 Å². The molecule has 0 saturated heterocycles. The Kier molecular flexibility index (Phi) is 3.96. The van der Waals surface area contributed by atoms with Gasteiger partial charge in [0.15, 0.2) is 0 Å². The lowest BCUT2D eigenvalue weighted by Crippen LogP contribution is -2.11. The molecule has 0 aromatic heterocycles. The van der Waals surface area contributed by atoms with Crippen molar-refractivity contribution in [2.75, 3.05) is 0 Å². The van der Waals surface area contributed by atoms with Gasteiger partial charge in [-0.15, -0.1) is 0 Å². The van der Waals surface area contributed by atoms with Gasteiger partial charge in [0.1, 0.15) is 0 Å². The first kappa shape index (κ1) is 12.3. The molecular formula is C15H24. The predicted octanol–water partition coefficient (Wildman–Crippen LogP) is 4.57. The highest BCUT2D eigenvalue weighted by Crippen LogP contribution is 2.23. The largest absolute Gasteiger partial charge is 0.0628 e. The molecule has 15 heavy (non-hydrogen) atoms. The fourth-order valence-corrected chi connectivity index (χ4v) is 1.65. The third-order valence-corrected chi connectivity index (χ3v) is 2.80. The highest BCUT2D eigenvalue weighted by molar-refractivity contribution is 5.28. The Morgan fingerprint density at radius 3 is 2.33 bits per heavy atom. The van der Waals surface area contributed by atoms with Crippen LogP contribution in [0.5, 0.6) is 0 Å². The second-order valence-electron chi connectivity index (χ2n) is 5.88. The van der Waals surface area contributed by atoms with Gasteiger partial charge in [0, 0.05) is 0 Å². The number of aryl methyl sites for hydroxylation is 1. The van der Waals surface area contributed by atoms with Crippen LogP contribution < -0.4 is 0 Å². The van der Waals surface area contributed by atoms with Crippen LogP contribution in [-0.2, 0) is 11.8 Å². The van der Waals surface area contributed by atoms with E-state index in [1.54, 1.807) is 0 Å². The lowest BCUT2D eigenvalue weighted by Gasteiger charge is -2.20. The van der Waals surface area contributed by atoms with Crippen molar-refractivity contribution in [1.82, 2.24) is 0 Å². The number of hydrogen-bond acceptors (Lipinski definition) is 0. The van der Waals surface area contributed by atoms with E-state index in [9.17, 15) is 0 Å². The third kappa shape index (κ3) is 4.07. The van der Waals surface area contributed by atoms with Gasteiger partial charge in [-0.25, -0.2) is 0 Å². The minimum Gasteiger partial charge on any atom is -0.0628 e. The molecule has 0 heteroatoms. The van der Waals surface area contributed by atoms with Crippen LogP contribution in [-0.4, -0.2) is 0 Å². The van der Waals surface area contributed by atoms with Gasteiger partial charge >= 0.3 is 0 Å².